The van der Waals surface area contributed by atoms with Crippen LogP contribution in [-0.4, -0.2) is 37.9 Å². The highest BCUT2D eigenvalue weighted by Gasteiger charge is 2.29. The number of hydrogen-bond donors (Lipinski definition) is 3. The van der Waals surface area contributed by atoms with Gasteiger partial charge in [-0.2, -0.15) is 0 Å². The summed E-state index contributed by atoms with van der Waals surface area (Å²) >= 11 is 5.75. The van der Waals surface area contributed by atoms with Crippen molar-refractivity contribution in [1.29, 1.82) is 0 Å². The van der Waals surface area contributed by atoms with Crippen LogP contribution in [0.4, 0.5) is 4.79 Å². The second-order valence-electron chi connectivity index (χ2n) is 5.59. The number of imide groups is 1. The topological polar surface area (TPSA) is 126 Å². The van der Waals surface area contributed by atoms with Crippen LogP contribution >= 0.6 is 11.6 Å². The molecule has 9 nitrogen and oxygen atoms in total. The first-order valence-corrected chi connectivity index (χ1v) is 9.70. The van der Waals surface area contributed by atoms with E-state index in [0.717, 1.165) is 0 Å². The Labute approximate surface area is 160 Å². The Balaban J connectivity index is 1.57. The van der Waals surface area contributed by atoms with Gasteiger partial charge in [0.15, 0.2) is 0 Å². The van der Waals surface area contributed by atoms with Gasteiger partial charge in [-0.15, -0.1) is 0 Å². The first-order valence-electron chi connectivity index (χ1n) is 7.84. The van der Waals surface area contributed by atoms with Crippen LogP contribution in [0.25, 0.3) is 0 Å². The first-order chi connectivity index (χ1) is 12.8. The molecule has 1 aliphatic heterocycles. The fourth-order valence-electron chi connectivity index (χ4n) is 2.31. The SMILES string of the molecule is O=C1NC(=O)C(CCNS(=O)(=O)c2ccc(Oc3ccc(Cl)cn3)cc2)N1. The number of urea groups is 1. The molecule has 0 radical (unpaired) electrons. The summed E-state index contributed by atoms with van der Waals surface area (Å²) in [7, 11) is -3.76. The number of pyridine rings is 1. The van der Waals surface area contributed by atoms with Crippen LogP contribution in [0, 0.1) is 0 Å². The lowest BCUT2D eigenvalue weighted by molar-refractivity contribution is -0.120. The quantitative estimate of drug-likeness (QED) is 0.592. The molecule has 11 heteroatoms. The number of nitrogens with zero attached hydrogens (tertiary/aromatic N) is 1. The van der Waals surface area contributed by atoms with E-state index in [2.05, 4.69) is 20.3 Å². The molecule has 27 heavy (non-hydrogen) atoms. The molecular weight excluding hydrogens is 396 g/mol. The van der Waals surface area contributed by atoms with Crippen molar-refractivity contribution < 1.29 is 22.7 Å². The lowest BCUT2D eigenvalue weighted by Gasteiger charge is -2.10. The monoisotopic (exact) mass is 410 g/mol. The Kier molecular flexibility index (Phi) is 5.59. The lowest BCUT2D eigenvalue weighted by atomic mass is 10.2. The van der Waals surface area contributed by atoms with E-state index in [1.165, 1.54) is 30.5 Å². The van der Waals surface area contributed by atoms with Gasteiger partial charge >= 0.3 is 6.03 Å². The van der Waals surface area contributed by atoms with E-state index in [-0.39, 0.29) is 17.9 Å². The van der Waals surface area contributed by atoms with E-state index in [1.807, 2.05) is 0 Å². The number of rotatable bonds is 7. The molecule has 2 heterocycles. The number of carbonyl (C=O) groups excluding carboxylic acids is 2. The summed E-state index contributed by atoms with van der Waals surface area (Å²) < 4.78 is 32.5. The summed E-state index contributed by atoms with van der Waals surface area (Å²) in [5.41, 5.74) is 0. The largest absolute Gasteiger partial charge is 0.439 e. The van der Waals surface area contributed by atoms with Gasteiger partial charge in [-0.25, -0.2) is 22.9 Å². The molecule has 3 N–H and O–H groups in total. The maximum absolute atomic E-state index is 12.3. The summed E-state index contributed by atoms with van der Waals surface area (Å²) in [6.07, 6.45) is 1.58. The normalized spacial score (nSPS) is 16.7. The second-order valence-corrected chi connectivity index (χ2v) is 7.79. The minimum atomic E-state index is -3.76. The number of hydrogen-bond acceptors (Lipinski definition) is 6. The van der Waals surface area contributed by atoms with Crippen LogP contribution < -0.4 is 20.1 Å². The Morgan fingerprint density at radius 2 is 1.89 bits per heavy atom. The molecule has 0 aliphatic carbocycles. The van der Waals surface area contributed by atoms with Crippen LogP contribution in [0.2, 0.25) is 5.02 Å². The number of aromatic nitrogens is 1. The van der Waals surface area contributed by atoms with Crippen LogP contribution in [-0.2, 0) is 14.8 Å². The molecule has 1 unspecified atom stereocenters. The number of benzene rings is 1. The lowest BCUT2D eigenvalue weighted by Crippen LogP contribution is -2.34. The van der Waals surface area contributed by atoms with Crippen LogP contribution in [0.5, 0.6) is 11.6 Å². The fourth-order valence-corrected chi connectivity index (χ4v) is 3.47. The molecule has 0 spiro atoms. The van der Waals surface area contributed by atoms with Gasteiger partial charge in [0, 0.05) is 18.8 Å². The molecule has 1 aromatic carbocycles. The standard InChI is InChI=1S/C16H15ClN4O5S/c17-10-1-6-14(18-9-10)26-11-2-4-12(5-3-11)27(24,25)19-8-7-13-15(22)21-16(23)20-13/h1-6,9,13,19H,7-8H2,(H2,20,21,22,23). The molecule has 1 aromatic heterocycles. The highest BCUT2D eigenvalue weighted by Crippen LogP contribution is 2.22. The van der Waals surface area contributed by atoms with Crippen molar-refractivity contribution in [3.8, 4) is 11.6 Å². The van der Waals surface area contributed by atoms with Gasteiger partial charge < -0.3 is 10.1 Å². The van der Waals surface area contributed by atoms with E-state index in [4.69, 9.17) is 16.3 Å². The number of halogens is 1. The van der Waals surface area contributed by atoms with Crippen LogP contribution in [0.15, 0.2) is 47.5 Å². The zero-order chi connectivity index (χ0) is 19.4. The predicted molar refractivity (Wildman–Crippen MR) is 96.0 cm³/mol. The maximum Gasteiger partial charge on any atom is 0.322 e. The van der Waals surface area contributed by atoms with Crippen molar-refractivity contribution in [1.82, 2.24) is 20.3 Å². The third-order valence-electron chi connectivity index (χ3n) is 3.64. The van der Waals surface area contributed by atoms with Crippen molar-refractivity contribution in [2.24, 2.45) is 0 Å². The van der Waals surface area contributed by atoms with Gasteiger partial charge in [-0.1, -0.05) is 11.6 Å². The molecule has 3 rings (SSSR count). The zero-order valence-electron chi connectivity index (χ0n) is 13.8. The van der Waals surface area contributed by atoms with E-state index < -0.39 is 28.0 Å². The van der Waals surface area contributed by atoms with Gasteiger partial charge in [0.25, 0.3) is 5.91 Å². The summed E-state index contributed by atoms with van der Waals surface area (Å²) in [4.78, 5) is 26.5. The highest BCUT2D eigenvalue weighted by molar-refractivity contribution is 7.89. The molecule has 2 aromatic rings. The third kappa shape index (κ3) is 4.94. The predicted octanol–water partition coefficient (Wildman–Crippen LogP) is 1.40. The van der Waals surface area contributed by atoms with Gasteiger partial charge in [0.2, 0.25) is 15.9 Å². The maximum atomic E-state index is 12.3. The van der Waals surface area contributed by atoms with Crippen molar-refractivity contribution in [3.05, 3.63) is 47.6 Å². The molecule has 1 aliphatic rings. The first kappa shape index (κ1) is 19.1. The van der Waals surface area contributed by atoms with E-state index >= 15 is 0 Å². The Hall–Kier alpha value is -2.69. The third-order valence-corrected chi connectivity index (χ3v) is 5.34. The number of nitrogens with one attached hydrogen (secondary N) is 3. The number of amides is 3. The zero-order valence-corrected chi connectivity index (χ0v) is 15.4. The highest BCUT2D eigenvalue weighted by atomic mass is 35.5. The van der Waals surface area contributed by atoms with Gasteiger partial charge in [-0.05, 0) is 36.8 Å². The van der Waals surface area contributed by atoms with Crippen molar-refractivity contribution in [2.75, 3.05) is 6.54 Å². The van der Waals surface area contributed by atoms with Gasteiger partial charge in [0.05, 0.1) is 9.92 Å². The molecular formula is C16H15ClN4O5S. The molecule has 1 fully saturated rings. The average Bonchev–Trinajstić information content (AvgIpc) is 2.95. The Morgan fingerprint density at radius 1 is 1.15 bits per heavy atom. The summed E-state index contributed by atoms with van der Waals surface area (Å²) in [5, 5.41) is 4.96. The van der Waals surface area contributed by atoms with Crippen molar-refractivity contribution in [3.63, 3.8) is 0 Å². The minimum Gasteiger partial charge on any atom is -0.439 e. The van der Waals surface area contributed by atoms with Gasteiger partial charge in [-0.3, -0.25) is 10.1 Å². The van der Waals surface area contributed by atoms with Crippen molar-refractivity contribution >= 4 is 33.6 Å². The van der Waals surface area contributed by atoms with Crippen molar-refractivity contribution in [2.45, 2.75) is 17.4 Å². The van der Waals surface area contributed by atoms with E-state index in [0.29, 0.717) is 16.7 Å². The molecule has 0 saturated carbocycles. The Morgan fingerprint density at radius 3 is 2.48 bits per heavy atom. The molecule has 1 saturated heterocycles. The van der Waals surface area contributed by atoms with Gasteiger partial charge in [0.1, 0.15) is 11.8 Å². The smallest absolute Gasteiger partial charge is 0.322 e. The van der Waals surface area contributed by atoms with E-state index in [9.17, 15) is 18.0 Å². The summed E-state index contributed by atoms with van der Waals surface area (Å²) in [6.45, 7) is -0.00630. The molecule has 1 atom stereocenters. The average molecular weight is 411 g/mol. The fraction of sp³-hybridized carbons (Fsp3) is 0.188. The number of ether oxygens (including phenoxy) is 1. The van der Waals surface area contributed by atoms with Crippen LogP contribution in [0.3, 0.4) is 0 Å². The number of carbonyl (C=O) groups is 2. The summed E-state index contributed by atoms with van der Waals surface area (Å²) in [6, 6.07) is 7.65. The Bertz CT molecular complexity index is 948. The molecule has 0 bridgehead atoms. The molecule has 3 amide bonds. The second kappa shape index (κ2) is 7.91. The van der Waals surface area contributed by atoms with E-state index in [1.54, 1.807) is 12.1 Å². The minimum absolute atomic E-state index is 0.00630. The summed E-state index contributed by atoms with van der Waals surface area (Å²) in [5.74, 6) is 0.260. The number of sulfonamides is 1. The van der Waals surface area contributed by atoms with Crippen LogP contribution in [0.1, 0.15) is 6.42 Å². The molecule has 142 valence electrons.